The van der Waals surface area contributed by atoms with E-state index in [9.17, 15) is 4.79 Å². The van der Waals surface area contributed by atoms with Gasteiger partial charge in [-0.25, -0.2) is 0 Å². The van der Waals surface area contributed by atoms with E-state index in [1.54, 1.807) is 26.0 Å². The number of nitrogens with one attached hydrogen (secondary N) is 2. The second kappa shape index (κ2) is 10.6. The molecule has 1 aromatic carbocycles. The Morgan fingerprint density at radius 1 is 1.28 bits per heavy atom. The van der Waals surface area contributed by atoms with Gasteiger partial charge in [-0.3, -0.25) is 9.79 Å². The molecule has 0 saturated carbocycles. The fourth-order valence-electron chi connectivity index (χ4n) is 2.86. The average Bonchev–Trinajstić information content (AvgIpc) is 3.00. The fraction of sp³-hybridized carbons (Fsp3) is 0.556. The molecular formula is C18H30IN5O. The van der Waals surface area contributed by atoms with Crippen LogP contribution in [0.4, 0.5) is 0 Å². The van der Waals surface area contributed by atoms with Crippen molar-refractivity contribution in [1.29, 1.82) is 0 Å². The van der Waals surface area contributed by atoms with Crippen LogP contribution in [0.15, 0.2) is 29.3 Å². The van der Waals surface area contributed by atoms with E-state index in [1.807, 2.05) is 24.3 Å². The zero-order valence-electron chi connectivity index (χ0n) is 15.6. The molecule has 7 heteroatoms. The van der Waals surface area contributed by atoms with Crippen molar-refractivity contribution in [2.75, 3.05) is 47.8 Å². The van der Waals surface area contributed by atoms with Crippen molar-refractivity contribution in [1.82, 2.24) is 20.4 Å². The van der Waals surface area contributed by atoms with Crippen molar-refractivity contribution in [3.05, 3.63) is 35.4 Å². The number of benzene rings is 1. The van der Waals surface area contributed by atoms with Crippen LogP contribution in [0.2, 0.25) is 0 Å². The zero-order chi connectivity index (χ0) is 17.5. The van der Waals surface area contributed by atoms with Gasteiger partial charge in [0.15, 0.2) is 5.96 Å². The Balaban J connectivity index is 0.00000312. The summed E-state index contributed by atoms with van der Waals surface area (Å²) in [6, 6.07) is 7.68. The summed E-state index contributed by atoms with van der Waals surface area (Å²) in [7, 11) is 7.47. The van der Waals surface area contributed by atoms with Gasteiger partial charge in [-0.15, -0.1) is 24.0 Å². The van der Waals surface area contributed by atoms with Crippen LogP contribution in [0.5, 0.6) is 0 Å². The van der Waals surface area contributed by atoms with Gasteiger partial charge in [-0.05, 0) is 43.6 Å². The number of guanidine groups is 1. The Morgan fingerprint density at radius 2 is 1.96 bits per heavy atom. The number of hydrogen-bond donors (Lipinski definition) is 2. The van der Waals surface area contributed by atoms with E-state index in [-0.39, 0.29) is 29.9 Å². The van der Waals surface area contributed by atoms with Crippen LogP contribution in [-0.4, -0.2) is 69.5 Å². The lowest BCUT2D eigenvalue weighted by Gasteiger charge is -2.16. The summed E-state index contributed by atoms with van der Waals surface area (Å²) in [5, 5.41) is 6.72. The van der Waals surface area contributed by atoms with Crippen molar-refractivity contribution < 1.29 is 4.79 Å². The molecule has 1 aliphatic heterocycles. The number of carbonyl (C=O) groups excluding carboxylic acids is 1. The summed E-state index contributed by atoms with van der Waals surface area (Å²) in [6.07, 6.45) is 1.24. The highest BCUT2D eigenvalue weighted by molar-refractivity contribution is 14.0. The second-order valence-electron chi connectivity index (χ2n) is 6.62. The average molecular weight is 459 g/mol. The minimum Gasteiger partial charge on any atom is -0.356 e. The molecule has 2 rings (SSSR count). The topological polar surface area (TPSA) is 60.0 Å². The number of amides is 1. The molecule has 2 N–H and O–H groups in total. The Hall–Kier alpha value is -1.35. The lowest BCUT2D eigenvalue weighted by molar-refractivity contribution is 0.0827. The van der Waals surface area contributed by atoms with Crippen LogP contribution in [0.1, 0.15) is 22.3 Å². The van der Waals surface area contributed by atoms with Crippen LogP contribution in [0.3, 0.4) is 0 Å². The van der Waals surface area contributed by atoms with E-state index in [4.69, 9.17) is 0 Å². The smallest absolute Gasteiger partial charge is 0.253 e. The molecule has 6 nitrogen and oxygen atoms in total. The van der Waals surface area contributed by atoms with Gasteiger partial charge in [0.2, 0.25) is 0 Å². The third-order valence-electron chi connectivity index (χ3n) is 4.34. The lowest BCUT2D eigenvalue weighted by atomic mass is 10.1. The highest BCUT2D eigenvalue weighted by atomic mass is 127. The number of aliphatic imine (C=N–C) groups is 1. The predicted molar refractivity (Wildman–Crippen MR) is 114 cm³/mol. The molecule has 0 aliphatic carbocycles. The van der Waals surface area contributed by atoms with Crippen LogP contribution >= 0.6 is 24.0 Å². The van der Waals surface area contributed by atoms with E-state index < -0.39 is 0 Å². The van der Waals surface area contributed by atoms with Crippen molar-refractivity contribution in [2.24, 2.45) is 10.9 Å². The van der Waals surface area contributed by atoms with Gasteiger partial charge in [-0.1, -0.05) is 12.1 Å². The van der Waals surface area contributed by atoms with Crippen molar-refractivity contribution in [2.45, 2.75) is 13.0 Å². The molecule has 1 aromatic rings. The van der Waals surface area contributed by atoms with Gasteiger partial charge in [0.05, 0.1) is 0 Å². The maximum Gasteiger partial charge on any atom is 0.253 e. The van der Waals surface area contributed by atoms with Gasteiger partial charge >= 0.3 is 0 Å². The Morgan fingerprint density at radius 3 is 2.48 bits per heavy atom. The summed E-state index contributed by atoms with van der Waals surface area (Å²) < 4.78 is 0. The summed E-state index contributed by atoms with van der Waals surface area (Å²) in [5.41, 5.74) is 1.82. The number of rotatable bonds is 5. The Kier molecular flexibility index (Phi) is 9.20. The summed E-state index contributed by atoms with van der Waals surface area (Å²) >= 11 is 0. The predicted octanol–water partition coefficient (Wildman–Crippen LogP) is 1.62. The molecule has 1 fully saturated rings. The maximum absolute atomic E-state index is 11.9. The first-order valence-corrected chi connectivity index (χ1v) is 8.43. The number of hydrogen-bond acceptors (Lipinski definition) is 3. The molecular weight excluding hydrogens is 429 g/mol. The molecule has 1 amide bonds. The molecule has 0 spiro atoms. The second-order valence-corrected chi connectivity index (χ2v) is 6.62. The van der Waals surface area contributed by atoms with Gasteiger partial charge < -0.3 is 20.4 Å². The largest absolute Gasteiger partial charge is 0.356 e. The Labute approximate surface area is 168 Å². The molecule has 25 heavy (non-hydrogen) atoms. The van der Waals surface area contributed by atoms with Crippen LogP contribution in [0, 0.1) is 5.92 Å². The summed E-state index contributed by atoms with van der Waals surface area (Å²) in [6.45, 7) is 3.95. The quantitative estimate of drug-likeness (QED) is 0.399. The number of likely N-dealkylation sites (tertiary alicyclic amines) is 1. The van der Waals surface area contributed by atoms with Gasteiger partial charge in [0.25, 0.3) is 5.91 Å². The van der Waals surface area contributed by atoms with Crippen molar-refractivity contribution >= 4 is 35.8 Å². The van der Waals surface area contributed by atoms with Gasteiger partial charge in [0.1, 0.15) is 0 Å². The first kappa shape index (κ1) is 21.7. The number of nitrogens with zero attached hydrogens (tertiary/aromatic N) is 3. The third-order valence-corrected chi connectivity index (χ3v) is 4.34. The molecule has 1 aliphatic rings. The molecule has 0 aromatic heterocycles. The maximum atomic E-state index is 11.9. The van der Waals surface area contributed by atoms with Crippen LogP contribution < -0.4 is 10.6 Å². The molecule has 1 heterocycles. The lowest BCUT2D eigenvalue weighted by Crippen LogP contribution is -2.39. The van der Waals surface area contributed by atoms with E-state index in [0.717, 1.165) is 24.6 Å². The van der Waals surface area contributed by atoms with Gasteiger partial charge in [0, 0.05) is 46.3 Å². The SMILES string of the molecule is CN=C(NCc1ccc(C(=O)N(C)C)cc1)NCC1CCN(C)C1.I. The highest BCUT2D eigenvalue weighted by Gasteiger charge is 2.19. The first-order valence-electron chi connectivity index (χ1n) is 8.43. The minimum absolute atomic E-state index is 0. The van der Waals surface area contributed by atoms with E-state index in [1.165, 1.54) is 13.0 Å². The third kappa shape index (κ3) is 6.81. The molecule has 0 radical (unpaired) electrons. The molecule has 140 valence electrons. The van der Waals surface area contributed by atoms with Crippen molar-refractivity contribution in [3.8, 4) is 0 Å². The molecule has 1 atom stereocenters. The first-order chi connectivity index (χ1) is 11.5. The number of carbonyl (C=O) groups is 1. The van der Waals surface area contributed by atoms with Gasteiger partial charge in [-0.2, -0.15) is 0 Å². The van der Waals surface area contributed by atoms with E-state index in [2.05, 4.69) is 27.6 Å². The summed E-state index contributed by atoms with van der Waals surface area (Å²) in [5.74, 6) is 1.52. The molecule has 0 bridgehead atoms. The van der Waals surface area contributed by atoms with Crippen molar-refractivity contribution in [3.63, 3.8) is 0 Å². The number of halogens is 1. The minimum atomic E-state index is 0. The van der Waals surface area contributed by atoms with E-state index >= 15 is 0 Å². The highest BCUT2D eigenvalue weighted by Crippen LogP contribution is 2.12. The Bertz CT molecular complexity index is 573. The molecule has 1 saturated heterocycles. The zero-order valence-corrected chi connectivity index (χ0v) is 17.9. The molecule has 1 unspecified atom stereocenters. The summed E-state index contributed by atoms with van der Waals surface area (Å²) in [4.78, 5) is 20.1. The van der Waals surface area contributed by atoms with Crippen LogP contribution in [0.25, 0.3) is 0 Å². The monoisotopic (exact) mass is 459 g/mol. The van der Waals surface area contributed by atoms with E-state index in [0.29, 0.717) is 18.0 Å². The standard InChI is InChI=1S/C18H29N5O.HI/c1-19-18(21-12-15-9-10-23(4)13-15)20-11-14-5-7-16(8-6-14)17(24)22(2)3;/h5-8,15H,9-13H2,1-4H3,(H2,19,20,21);1H. The fourth-order valence-corrected chi connectivity index (χ4v) is 2.86. The van der Waals surface area contributed by atoms with Crippen LogP contribution in [-0.2, 0) is 6.54 Å². The normalized spacial score (nSPS) is 17.8.